The maximum absolute atomic E-state index is 13.2. The Bertz CT molecular complexity index is 2070. The normalized spacial score (nSPS) is 19.8. The van der Waals surface area contributed by atoms with Crippen molar-refractivity contribution in [3.8, 4) is 6.01 Å². The predicted molar refractivity (Wildman–Crippen MR) is 218 cm³/mol. The fraction of sp³-hybridized carbons (Fsp3) is 0.535. The van der Waals surface area contributed by atoms with E-state index in [1.165, 1.54) is 11.3 Å². The van der Waals surface area contributed by atoms with Gasteiger partial charge in [-0.3, -0.25) is 24.6 Å². The van der Waals surface area contributed by atoms with Crippen molar-refractivity contribution in [2.75, 3.05) is 63.1 Å². The average Bonchev–Trinajstić information content (AvgIpc) is 3.80. The number of hydrogen-bond donors (Lipinski definition) is 2. The zero-order valence-corrected chi connectivity index (χ0v) is 33.6. The average molecular weight is 777 g/mol. The lowest BCUT2D eigenvalue weighted by Gasteiger charge is -2.36. The molecule has 6 heterocycles. The zero-order valence-electron chi connectivity index (χ0n) is 33.6. The summed E-state index contributed by atoms with van der Waals surface area (Å²) >= 11 is 0. The number of rotatable bonds is 14. The number of carbonyl (C=O) groups is 3. The fourth-order valence-corrected chi connectivity index (χ4v) is 8.65. The van der Waals surface area contributed by atoms with E-state index in [4.69, 9.17) is 14.7 Å². The number of piperidine rings is 2. The van der Waals surface area contributed by atoms with Gasteiger partial charge in [0.25, 0.3) is 5.91 Å². The molecular formula is C43H56N10O4. The maximum atomic E-state index is 13.2. The number of ether oxygens (including phenoxy) is 1. The minimum Gasteiger partial charge on any atom is -0.460 e. The largest absolute Gasteiger partial charge is 0.460 e. The molecule has 8 rings (SSSR count). The van der Waals surface area contributed by atoms with Gasteiger partial charge in [-0.2, -0.15) is 19.6 Å². The third kappa shape index (κ3) is 8.76. The summed E-state index contributed by atoms with van der Waals surface area (Å²) in [6.45, 7) is 12.5. The second kappa shape index (κ2) is 17.2. The molecule has 3 saturated heterocycles. The second-order valence-electron chi connectivity index (χ2n) is 16.4. The predicted octanol–water partition coefficient (Wildman–Crippen LogP) is 4.63. The van der Waals surface area contributed by atoms with Crippen LogP contribution < -0.4 is 20.3 Å². The van der Waals surface area contributed by atoms with E-state index in [1.54, 1.807) is 9.42 Å². The molecule has 3 amide bonds. The number of nitrogens with one attached hydrogen (secondary N) is 2. The Balaban J connectivity index is 0.781. The Morgan fingerprint density at radius 1 is 0.912 bits per heavy atom. The number of carbonyl (C=O) groups excluding carboxylic acids is 3. The van der Waals surface area contributed by atoms with Crippen molar-refractivity contribution in [1.29, 1.82) is 0 Å². The Labute approximate surface area is 334 Å². The minimum absolute atomic E-state index is 0.105. The molecule has 4 aliphatic rings. The van der Waals surface area contributed by atoms with E-state index in [0.717, 1.165) is 107 Å². The van der Waals surface area contributed by atoms with Gasteiger partial charge in [0.15, 0.2) is 5.65 Å². The van der Waals surface area contributed by atoms with Crippen molar-refractivity contribution in [2.24, 2.45) is 0 Å². The van der Waals surface area contributed by atoms with Crippen molar-refractivity contribution < 1.29 is 19.1 Å². The van der Waals surface area contributed by atoms with E-state index in [9.17, 15) is 14.4 Å². The molecule has 4 aromatic rings. The second-order valence-corrected chi connectivity index (χ2v) is 16.4. The molecule has 14 nitrogen and oxygen atoms in total. The maximum Gasteiger partial charge on any atom is 0.322 e. The van der Waals surface area contributed by atoms with Gasteiger partial charge in [0.1, 0.15) is 12.1 Å². The number of fused-ring (bicyclic) bond motifs is 2. The van der Waals surface area contributed by atoms with Gasteiger partial charge in [-0.15, -0.1) is 0 Å². The summed E-state index contributed by atoms with van der Waals surface area (Å²) in [5, 5.41) is 10.5. The highest BCUT2D eigenvalue weighted by Crippen LogP contribution is 2.31. The van der Waals surface area contributed by atoms with Crippen molar-refractivity contribution >= 4 is 35.0 Å². The summed E-state index contributed by atoms with van der Waals surface area (Å²) in [6, 6.07) is 14.6. The third-order valence-corrected chi connectivity index (χ3v) is 12.2. The van der Waals surface area contributed by atoms with Crippen molar-refractivity contribution in [3.05, 3.63) is 76.5 Å². The van der Waals surface area contributed by atoms with Gasteiger partial charge in [0.2, 0.25) is 17.8 Å². The number of nitrogens with zero attached hydrogens (tertiary/aromatic N) is 8. The lowest BCUT2D eigenvalue weighted by molar-refractivity contribution is -0.136. The van der Waals surface area contributed by atoms with E-state index in [1.807, 2.05) is 18.3 Å². The van der Waals surface area contributed by atoms with E-state index in [0.29, 0.717) is 37.0 Å². The van der Waals surface area contributed by atoms with Crippen LogP contribution in [-0.4, -0.2) is 117 Å². The molecular weight excluding hydrogens is 721 g/mol. The molecule has 302 valence electrons. The number of benzene rings is 2. The molecule has 0 radical (unpaired) electrons. The number of likely N-dealkylation sites (tertiary alicyclic amines) is 1. The molecule has 2 aromatic carbocycles. The molecule has 4 aliphatic heterocycles. The summed E-state index contributed by atoms with van der Waals surface area (Å²) in [6.07, 6.45) is 8.81. The van der Waals surface area contributed by atoms with Crippen LogP contribution in [0.4, 0.5) is 11.6 Å². The van der Waals surface area contributed by atoms with Gasteiger partial charge in [0, 0.05) is 75.6 Å². The van der Waals surface area contributed by atoms with Crippen LogP contribution in [-0.2, 0) is 29.1 Å². The van der Waals surface area contributed by atoms with E-state index in [2.05, 4.69) is 81.7 Å². The number of anilines is 2. The quantitative estimate of drug-likeness (QED) is 0.137. The van der Waals surface area contributed by atoms with Crippen LogP contribution >= 0.6 is 0 Å². The molecule has 0 aliphatic carbocycles. The Hall–Kier alpha value is -5.08. The summed E-state index contributed by atoms with van der Waals surface area (Å²) in [5.41, 5.74) is 7.20. The first-order chi connectivity index (χ1) is 27.7. The Kier molecular flexibility index (Phi) is 11.7. The molecule has 0 bridgehead atoms. The van der Waals surface area contributed by atoms with E-state index < -0.39 is 6.04 Å². The van der Waals surface area contributed by atoms with Crippen LogP contribution in [0.15, 0.2) is 48.7 Å². The summed E-state index contributed by atoms with van der Waals surface area (Å²) in [4.78, 5) is 55.9. The standard InChI is InChI=1S/C43H56N10O4/c1-29(2)35-27-45-53-39(35)47-43(57-33-17-20-49(3)21-18-33)48-42(53)44-26-30-11-13-32(14-12-30)51-24-22-50(23-25-51)19-6-4-5-8-31-9-7-10-34-36(31)28-52(41(34)56)37-15-16-38(54)46-40(37)55/h7,9-14,27,29,33,37H,4-6,8,15-26,28H2,1-3H3,(H,44,47,48)(H,46,54,55). The molecule has 0 spiro atoms. The Morgan fingerprint density at radius 2 is 1.70 bits per heavy atom. The summed E-state index contributed by atoms with van der Waals surface area (Å²) in [5.74, 6) is 0.177. The van der Waals surface area contributed by atoms with Crippen molar-refractivity contribution in [2.45, 2.75) is 96.4 Å². The monoisotopic (exact) mass is 776 g/mol. The molecule has 57 heavy (non-hydrogen) atoms. The van der Waals surface area contributed by atoms with Gasteiger partial charge < -0.3 is 24.8 Å². The lowest BCUT2D eigenvalue weighted by atomic mass is 9.98. The van der Waals surface area contributed by atoms with E-state index in [-0.39, 0.29) is 36.2 Å². The molecule has 14 heteroatoms. The highest BCUT2D eigenvalue weighted by molar-refractivity contribution is 6.05. The topological polar surface area (TPSA) is 141 Å². The number of aromatic nitrogens is 4. The fourth-order valence-electron chi connectivity index (χ4n) is 8.65. The van der Waals surface area contributed by atoms with Gasteiger partial charge in [-0.05, 0) is 92.9 Å². The molecule has 2 N–H and O–H groups in total. The smallest absolute Gasteiger partial charge is 0.322 e. The van der Waals surface area contributed by atoms with Crippen LogP contribution in [0.3, 0.4) is 0 Å². The van der Waals surface area contributed by atoms with Crippen LogP contribution in [0, 0.1) is 0 Å². The number of amides is 3. The van der Waals surface area contributed by atoms with Gasteiger partial charge >= 0.3 is 6.01 Å². The zero-order chi connectivity index (χ0) is 39.5. The van der Waals surface area contributed by atoms with Gasteiger partial charge in [-0.25, -0.2) is 0 Å². The van der Waals surface area contributed by atoms with Crippen LogP contribution in [0.2, 0.25) is 0 Å². The minimum atomic E-state index is -0.578. The van der Waals surface area contributed by atoms with Gasteiger partial charge in [0.05, 0.1) is 6.20 Å². The number of imide groups is 1. The molecule has 0 saturated carbocycles. The highest BCUT2D eigenvalue weighted by atomic mass is 16.5. The highest BCUT2D eigenvalue weighted by Gasteiger charge is 2.39. The van der Waals surface area contributed by atoms with Crippen molar-refractivity contribution in [1.82, 2.24) is 39.6 Å². The molecule has 1 unspecified atom stereocenters. The summed E-state index contributed by atoms with van der Waals surface area (Å²) < 4.78 is 8.12. The molecule has 3 fully saturated rings. The van der Waals surface area contributed by atoms with Gasteiger partial charge in [-0.1, -0.05) is 44.5 Å². The summed E-state index contributed by atoms with van der Waals surface area (Å²) in [7, 11) is 2.15. The van der Waals surface area contributed by atoms with Crippen LogP contribution in [0.5, 0.6) is 6.01 Å². The third-order valence-electron chi connectivity index (χ3n) is 12.2. The van der Waals surface area contributed by atoms with Crippen molar-refractivity contribution in [3.63, 3.8) is 0 Å². The SMILES string of the molecule is CC(C)c1cnn2c(NCc3ccc(N4CCN(CCCCCc5cccc6c5CN(C5CCC(=O)NC5=O)C6=O)CC4)cc3)nc(OC3CCN(C)CC3)nc12. The number of unbranched alkanes of at least 4 members (excludes halogenated alkanes) is 2. The number of piperazine rings is 1. The number of aryl methyl sites for hydroxylation is 1. The van der Waals surface area contributed by atoms with Crippen LogP contribution in [0.25, 0.3) is 5.65 Å². The lowest BCUT2D eigenvalue weighted by Crippen LogP contribution is -2.52. The Morgan fingerprint density at radius 3 is 2.46 bits per heavy atom. The van der Waals surface area contributed by atoms with E-state index >= 15 is 0 Å². The molecule has 2 aromatic heterocycles. The number of hydrogen-bond acceptors (Lipinski definition) is 11. The first-order valence-electron chi connectivity index (χ1n) is 20.9. The first-order valence-corrected chi connectivity index (χ1v) is 20.9. The van der Waals surface area contributed by atoms with Crippen LogP contribution in [0.1, 0.15) is 97.3 Å². The first kappa shape index (κ1) is 38.8. The molecule has 1 atom stereocenters.